The summed E-state index contributed by atoms with van der Waals surface area (Å²) >= 11 is 0. The van der Waals surface area contributed by atoms with Crippen molar-refractivity contribution in [2.24, 2.45) is 0 Å². The van der Waals surface area contributed by atoms with E-state index in [4.69, 9.17) is 0 Å². The fraction of sp³-hybridized carbons (Fsp3) is 0.211. The molecule has 6 nitrogen and oxygen atoms in total. The average molecular weight is 336 g/mol. The van der Waals surface area contributed by atoms with E-state index < -0.39 is 0 Å². The van der Waals surface area contributed by atoms with Crippen LogP contribution in [0.4, 0.5) is 11.4 Å². The summed E-state index contributed by atoms with van der Waals surface area (Å²) < 4.78 is 1.83. The lowest BCUT2D eigenvalue weighted by Gasteiger charge is -2.08. The van der Waals surface area contributed by atoms with Gasteiger partial charge in [-0.3, -0.25) is 14.0 Å². The molecule has 3 rings (SSSR count). The number of fused-ring (bicyclic) bond motifs is 1. The molecule has 0 aliphatic rings. The molecule has 1 aromatic carbocycles. The van der Waals surface area contributed by atoms with Gasteiger partial charge in [-0.1, -0.05) is 13.0 Å². The van der Waals surface area contributed by atoms with Gasteiger partial charge in [0.25, 0.3) is 5.91 Å². The van der Waals surface area contributed by atoms with Gasteiger partial charge in [0.05, 0.1) is 5.69 Å². The highest BCUT2D eigenvalue weighted by atomic mass is 16.2. The van der Waals surface area contributed by atoms with E-state index in [0.717, 1.165) is 16.9 Å². The Kier molecular flexibility index (Phi) is 4.52. The summed E-state index contributed by atoms with van der Waals surface area (Å²) in [5.74, 6) is -0.340. The number of nitrogens with zero attached hydrogens (tertiary/aromatic N) is 2. The van der Waals surface area contributed by atoms with Crippen LogP contribution in [0.15, 0.2) is 42.6 Å². The van der Waals surface area contributed by atoms with Crippen molar-refractivity contribution in [3.63, 3.8) is 0 Å². The Morgan fingerprint density at radius 3 is 2.32 bits per heavy atom. The van der Waals surface area contributed by atoms with Crippen LogP contribution in [0.2, 0.25) is 0 Å². The summed E-state index contributed by atoms with van der Waals surface area (Å²) in [6.07, 6.45) is 2.52. The van der Waals surface area contributed by atoms with Crippen molar-refractivity contribution in [3.05, 3.63) is 59.5 Å². The van der Waals surface area contributed by atoms with E-state index in [1.54, 1.807) is 24.3 Å². The summed E-state index contributed by atoms with van der Waals surface area (Å²) in [4.78, 5) is 28.5. The standard InChI is InChI=1S/C19H20N4O2/c1-4-16-17(23-11-5-6-12(2)18(23)22-16)19(25)21-15-9-7-14(8-10-15)20-13(3)24/h5-11H,4H2,1-3H3,(H,20,24)(H,21,25). The first-order valence-corrected chi connectivity index (χ1v) is 8.15. The zero-order chi connectivity index (χ0) is 18.0. The lowest BCUT2D eigenvalue weighted by molar-refractivity contribution is -0.114. The molecule has 0 aliphatic carbocycles. The van der Waals surface area contributed by atoms with E-state index >= 15 is 0 Å². The van der Waals surface area contributed by atoms with Crippen LogP contribution in [0.5, 0.6) is 0 Å². The lowest BCUT2D eigenvalue weighted by atomic mass is 10.2. The molecule has 0 atom stereocenters. The van der Waals surface area contributed by atoms with Crippen molar-refractivity contribution < 1.29 is 9.59 Å². The Morgan fingerprint density at radius 2 is 1.72 bits per heavy atom. The van der Waals surface area contributed by atoms with Crippen molar-refractivity contribution >= 4 is 28.8 Å². The van der Waals surface area contributed by atoms with Gasteiger partial charge in [0, 0.05) is 24.5 Å². The van der Waals surface area contributed by atoms with Gasteiger partial charge >= 0.3 is 0 Å². The summed E-state index contributed by atoms with van der Waals surface area (Å²) in [5, 5.41) is 5.59. The number of hydrogen-bond donors (Lipinski definition) is 2. The third kappa shape index (κ3) is 3.38. The summed E-state index contributed by atoms with van der Waals surface area (Å²) in [5.41, 5.74) is 4.48. The molecule has 0 saturated heterocycles. The van der Waals surface area contributed by atoms with Crippen molar-refractivity contribution in [3.8, 4) is 0 Å². The number of hydrogen-bond acceptors (Lipinski definition) is 3. The number of benzene rings is 1. The highest BCUT2D eigenvalue weighted by Crippen LogP contribution is 2.19. The van der Waals surface area contributed by atoms with Crippen LogP contribution in [0.1, 0.15) is 35.6 Å². The average Bonchev–Trinajstić information content (AvgIpc) is 2.96. The fourth-order valence-electron chi connectivity index (χ4n) is 2.77. The quantitative estimate of drug-likeness (QED) is 0.766. The molecule has 128 valence electrons. The molecule has 0 spiro atoms. The lowest BCUT2D eigenvalue weighted by Crippen LogP contribution is -2.16. The van der Waals surface area contributed by atoms with E-state index in [0.29, 0.717) is 23.5 Å². The number of amides is 2. The van der Waals surface area contributed by atoms with Crippen molar-refractivity contribution in [2.45, 2.75) is 27.2 Å². The minimum Gasteiger partial charge on any atom is -0.326 e. The van der Waals surface area contributed by atoms with Crippen LogP contribution in [-0.4, -0.2) is 21.2 Å². The summed E-state index contributed by atoms with van der Waals surface area (Å²) in [6.45, 7) is 5.41. The molecule has 2 heterocycles. The highest BCUT2D eigenvalue weighted by Gasteiger charge is 2.19. The van der Waals surface area contributed by atoms with Crippen LogP contribution in [0, 0.1) is 6.92 Å². The summed E-state index contributed by atoms with van der Waals surface area (Å²) in [6, 6.07) is 10.9. The van der Waals surface area contributed by atoms with Gasteiger partial charge in [-0.15, -0.1) is 0 Å². The molecule has 0 saturated carbocycles. The molecule has 0 bridgehead atoms. The van der Waals surface area contributed by atoms with Crippen molar-refractivity contribution in [1.29, 1.82) is 0 Å². The van der Waals surface area contributed by atoms with E-state index in [-0.39, 0.29) is 11.8 Å². The molecule has 0 aliphatic heterocycles. The zero-order valence-electron chi connectivity index (χ0n) is 14.5. The van der Waals surface area contributed by atoms with Crippen LogP contribution >= 0.6 is 0 Å². The largest absolute Gasteiger partial charge is 0.326 e. The second kappa shape index (κ2) is 6.76. The molecular weight excluding hydrogens is 316 g/mol. The molecule has 2 aromatic heterocycles. The predicted molar refractivity (Wildman–Crippen MR) is 98.0 cm³/mol. The smallest absolute Gasteiger partial charge is 0.274 e. The Morgan fingerprint density at radius 1 is 1.08 bits per heavy atom. The Balaban J connectivity index is 1.90. The molecule has 6 heteroatoms. The number of aryl methyl sites for hydroxylation is 2. The normalized spacial score (nSPS) is 10.7. The molecule has 25 heavy (non-hydrogen) atoms. The zero-order valence-corrected chi connectivity index (χ0v) is 14.5. The molecule has 0 radical (unpaired) electrons. The maximum atomic E-state index is 12.8. The number of imidazole rings is 1. The SMILES string of the molecule is CCc1nc2c(C)cccn2c1C(=O)Nc1ccc(NC(C)=O)cc1. The molecule has 3 aromatic rings. The maximum Gasteiger partial charge on any atom is 0.274 e. The first-order chi connectivity index (χ1) is 12.0. The second-order valence-corrected chi connectivity index (χ2v) is 5.86. The van der Waals surface area contributed by atoms with E-state index in [9.17, 15) is 9.59 Å². The van der Waals surface area contributed by atoms with Crippen molar-refractivity contribution in [2.75, 3.05) is 10.6 Å². The number of rotatable bonds is 4. The van der Waals surface area contributed by atoms with Gasteiger partial charge in [0.2, 0.25) is 5.91 Å². The van der Waals surface area contributed by atoms with E-state index in [2.05, 4.69) is 15.6 Å². The van der Waals surface area contributed by atoms with Gasteiger partial charge in [-0.25, -0.2) is 4.98 Å². The van der Waals surface area contributed by atoms with E-state index in [1.807, 2.05) is 36.6 Å². The number of aromatic nitrogens is 2. The highest BCUT2D eigenvalue weighted by molar-refractivity contribution is 6.04. The van der Waals surface area contributed by atoms with Gasteiger partial charge in [-0.2, -0.15) is 0 Å². The molecular formula is C19H20N4O2. The third-order valence-electron chi connectivity index (χ3n) is 3.93. The third-order valence-corrected chi connectivity index (χ3v) is 3.93. The number of anilines is 2. The van der Waals surface area contributed by atoms with Gasteiger partial charge < -0.3 is 10.6 Å². The van der Waals surface area contributed by atoms with Gasteiger partial charge in [-0.05, 0) is 49.2 Å². The topological polar surface area (TPSA) is 75.5 Å². The molecule has 2 N–H and O–H groups in total. The van der Waals surface area contributed by atoms with Crippen molar-refractivity contribution in [1.82, 2.24) is 9.38 Å². The maximum absolute atomic E-state index is 12.8. The Bertz CT molecular complexity index is 942. The van der Waals surface area contributed by atoms with Crippen LogP contribution < -0.4 is 10.6 Å². The van der Waals surface area contributed by atoms with E-state index in [1.165, 1.54) is 6.92 Å². The monoisotopic (exact) mass is 336 g/mol. The first-order valence-electron chi connectivity index (χ1n) is 8.15. The molecule has 0 fully saturated rings. The minimum absolute atomic E-state index is 0.134. The molecule has 0 unspecified atom stereocenters. The van der Waals surface area contributed by atoms with Gasteiger partial charge in [0.15, 0.2) is 0 Å². The fourth-order valence-corrected chi connectivity index (χ4v) is 2.77. The summed E-state index contributed by atoms with van der Waals surface area (Å²) in [7, 11) is 0. The van der Waals surface area contributed by atoms with Gasteiger partial charge in [0.1, 0.15) is 11.3 Å². The Labute approximate surface area is 145 Å². The minimum atomic E-state index is -0.206. The second-order valence-electron chi connectivity index (χ2n) is 5.86. The Hall–Kier alpha value is -3.15. The van der Waals surface area contributed by atoms with Crippen LogP contribution in [0.25, 0.3) is 5.65 Å². The number of carbonyl (C=O) groups excluding carboxylic acids is 2. The number of pyridine rings is 1. The predicted octanol–water partition coefficient (Wildman–Crippen LogP) is 3.42. The number of carbonyl (C=O) groups is 2. The van der Waals surface area contributed by atoms with Crippen LogP contribution in [-0.2, 0) is 11.2 Å². The first kappa shape index (κ1) is 16.7. The van der Waals surface area contributed by atoms with Crippen LogP contribution in [0.3, 0.4) is 0 Å². The number of nitrogens with one attached hydrogen (secondary N) is 2. The molecule has 2 amide bonds.